The van der Waals surface area contributed by atoms with Crippen LogP contribution in [0.25, 0.3) is 11.0 Å². The molecule has 0 unspecified atom stereocenters. The fourth-order valence-electron chi connectivity index (χ4n) is 2.35. The molecule has 0 N–H and O–H groups in total. The second-order valence-electron chi connectivity index (χ2n) is 5.53. The van der Waals surface area contributed by atoms with E-state index in [1.807, 2.05) is 6.07 Å². The Morgan fingerprint density at radius 2 is 2.00 bits per heavy atom. The average molecular weight is 291 g/mol. The van der Waals surface area contributed by atoms with Crippen LogP contribution in [0.1, 0.15) is 24.2 Å². The lowest BCUT2D eigenvalue weighted by atomic mass is 10.1. The van der Waals surface area contributed by atoms with E-state index in [1.165, 1.54) is 7.11 Å². The number of rotatable bonds is 4. The summed E-state index contributed by atoms with van der Waals surface area (Å²) in [6.07, 6.45) is 0. The summed E-state index contributed by atoms with van der Waals surface area (Å²) in [5, 5.41) is 1.16. The molecular weight excluding hydrogens is 270 g/mol. The Balaban J connectivity index is 2.57. The number of carbonyl (C=O) groups excluding carboxylic acids is 1. The Hall–Kier alpha value is -2.08. The molecule has 0 bridgehead atoms. The van der Waals surface area contributed by atoms with Gasteiger partial charge in [-0.2, -0.15) is 0 Å². The molecule has 21 heavy (non-hydrogen) atoms. The molecule has 1 aromatic heterocycles. The molecule has 0 atom stereocenters. The molecular formula is C15H21N3O3. The zero-order valence-electron chi connectivity index (χ0n) is 13.1. The second kappa shape index (κ2) is 5.73. The smallest absolute Gasteiger partial charge is 0.295 e. The minimum absolute atomic E-state index is 0.0663. The number of hydrogen-bond acceptors (Lipinski definition) is 3. The van der Waals surface area contributed by atoms with Gasteiger partial charge >= 0.3 is 5.69 Å². The summed E-state index contributed by atoms with van der Waals surface area (Å²) in [5.74, 6) is 0.123. The number of aromatic nitrogens is 2. The highest BCUT2D eigenvalue weighted by Gasteiger charge is 2.16. The Morgan fingerprint density at radius 1 is 1.33 bits per heavy atom. The number of fused-ring (bicyclic) bond motifs is 1. The van der Waals surface area contributed by atoms with Gasteiger partial charge in [0.15, 0.2) is 0 Å². The van der Waals surface area contributed by atoms with Crippen LogP contribution >= 0.6 is 0 Å². The Kier molecular flexibility index (Phi) is 4.18. The lowest BCUT2D eigenvalue weighted by molar-refractivity contribution is -0.0756. The van der Waals surface area contributed by atoms with E-state index in [0.29, 0.717) is 18.0 Å². The minimum atomic E-state index is -0.247. The van der Waals surface area contributed by atoms with Crippen molar-refractivity contribution < 1.29 is 9.63 Å². The first-order valence-corrected chi connectivity index (χ1v) is 6.88. The summed E-state index contributed by atoms with van der Waals surface area (Å²) >= 11 is 0. The molecule has 2 rings (SSSR count). The van der Waals surface area contributed by atoms with E-state index in [0.717, 1.165) is 16.1 Å². The summed E-state index contributed by atoms with van der Waals surface area (Å²) in [7, 11) is 4.70. The number of hydrogen-bond donors (Lipinski definition) is 0. The normalized spacial score (nSPS) is 11.3. The maximum atomic E-state index is 12.3. The van der Waals surface area contributed by atoms with E-state index >= 15 is 0 Å². The Labute approximate surface area is 123 Å². The largest absolute Gasteiger partial charge is 0.328 e. The fourth-order valence-corrected chi connectivity index (χ4v) is 2.35. The zero-order chi connectivity index (χ0) is 15.7. The number of imidazole rings is 1. The van der Waals surface area contributed by atoms with Crippen LogP contribution in [0.4, 0.5) is 0 Å². The fraction of sp³-hybridized carbons (Fsp3) is 0.467. The SMILES string of the molecule is CON(C)C(=O)c1ccc2c(c1)n(C)c(=O)n2CC(C)C. The lowest BCUT2D eigenvalue weighted by Crippen LogP contribution is -2.25. The molecule has 0 spiro atoms. The number of amides is 1. The van der Waals surface area contributed by atoms with Crippen molar-refractivity contribution in [2.24, 2.45) is 13.0 Å². The van der Waals surface area contributed by atoms with Gasteiger partial charge in [-0.3, -0.25) is 18.8 Å². The van der Waals surface area contributed by atoms with E-state index in [1.54, 1.807) is 35.4 Å². The molecule has 0 aliphatic rings. The van der Waals surface area contributed by atoms with Crippen molar-refractivity contribution in [3.05, 3.63) is 34.2 Å². The van der Waals surface area contributed by atoms with Crippen LogP contribution in [0.15, 0.2) is 23.0 Å². The van der Waals surface area contributed by atoms with E-state index in [-0.39, 0.29) is 11.6 Å². The molecule has 0 fully saturated rings. The average Bonchev–Trinajstić information content (AvgIpc) is 2.70. The molecule has 0 aliphatic heterocycles. The van der Waals surface area contributed by atoms with Gasteiger partial charge in [0.1, 0.15) is 0 Å². The third-order valence-electron chi connectivity index (χ3n) is 3.50. The van der Waals surface area contributed by atoms with Crippen LogP contribution in [0.2, 0.25) is 0 Å². The van der Waals surface area contributed by atoms with E-state index in [9.17, 15) is 9.59 Å². The van der Waals surface area contributed by atoms with Gasteiger partial charge in [0.2, 0.25) is 0 Å². The van der Waals surface area contributed by atoms with Crippen LogP contribution in [0.5, 0.6) is 0 Å². The van der Waals surface area contributed by atoms with Gasteiger partial charge in [-0.25, -0.2) is 9.86 Å². The van der Waals surface area contributed by atoms with E-state index < -0.39 is 0 Å². The van der Waals surface area contributed by atoms with Crippen LogP contribution in [-0.4, -0.2) is 34.3 Å². The third-order valence-corrected chi connectivity index (χ3v) is 3.50. The second-order valence-corrected chi connectivity index (χ2v) is 5.53. The van der Waals surface area contributed by atoms with E-state index in [2.05, 4.69) is 13.8 Å². The topological polar surface area (TPSA) is 56.5 Å². The van der Waals surface area contributed by atoms with Gasteiger partial charge in [-0.05, 0) is 24.1 Å². The molecule has 0 saturated heterocycles. The van der Waals surface area contributed by atoms with Gasteiger partial charge in [-0.15, -0.1) is 0 Å². The standard InChI is InChI=1S/C15H21N3O3/c1-10(2)9-18-12-7-6-11(14(19)17(4)21-5)8-13(12)16(3)15(18)20/h6-8,10H,9H2,1-5H3. The highest BCUT2D eigenvalue weighted by atomic mass is 16.7. The van der Waals surface area contributed by atoms with Crippen molar-refractivity contribution in [1.82, 2.24) is 14.2 Å². The highest BCUT2D eigenvalue weighted by molar-refractivity contribution is 5.96. The van der Waals surface area contributed by atoms with Crippen LogP contribution < -0.4 is 5.69 Å². The first kappa shape index (κ1) is 15.3. The summed E-state index contributed by atoms with van der Waals surface area (Å²) in [6, 6.07) is 5.26. The van der Waals surface area contributed by atoms with Crippen LogP contribution in [-0.2, 0) is 18.4 Å². The van der Waals surface area contributed by atoms with Crippen molar-refractivity contribution in [2.45, 2.75) is 20.4 Å². The molecule has 114 valence electrons. The summed E-state index contributed by atoms with van der Waals surface area (Å²) in [6.45, 7) is 4.79. The molecule has 0 aliphatic carbocycles. The number of hydroxylamine groups is 2. The van der Waals surface area contributed by atoms with Crippen LogP contribution in [0, 0.1) is 5.92 Å². The van der Waals surface area contributed by atoms with Gasteiger partial charge in [0.25, 0.3) is 5.91 Å². The molecule has 0 saturated carbocycles. The van der Waals surface area contributed by atoms with Crippen molar-refractivity contribution in [2.75, 3.05) is 14.2 Å². The van der Waals surface area contributed by atoms with Crippen molar-refractivity contribution in [3.63, 3.8) is 0 Å². The van der Waals surface area contributed by atoms with Gasteiger partial charge in [-0.1, -0.05) is 13.8 Å². The number of aryl methyl sites for hydroxylation is 1. The van der Waals surface area contributed by atoms with Gasteiger partial charge < -0.3 is 0 Å². The molecule has 1 heterocycles. The first-order valence-electron chi connectivity index (χ1n) is 6.88. The van der Waals surface area contributed by atoms with Crippen molar-refractivity contribution in [3.8, 4) is 0 Å². The maximum Gasteiger partial charge on any atom is 0.328 e. The number of carbonyl (C=O) groups is 1. The predicted molar refractivity (Wildman–Crippen MR) is 81.1 cm³/mol. The number of nitrogens with zero attached hydrogens (tertiary/aromatic N) is 3. The molecule has 0 radical (unpaired) electrons. The van der Waals surface area contributed by atoms with E-state index in [4.69, 9.17) is 4.84 Å². The van der Waals surface area contributed by atoms with Crippen molar-refractivity contribution in [1.29, 1.82) is 0 Å². The lowest BCUT2D eigenvalue weighted by Gasteiger charge is -2.13. The van der Waals surface area contributed by atoms with Crippen molar-refractivity contribution >= 4 is 16.9 Å². The zero-order valence-corrected chi connectivity index (χ0v) is 13.1. The minimum Gasteiger partial charge on any atom is -0.295 e. The summed E-state index contributed by atoms with van der Waals surface area (Å²) in [5.41, 5.74) is 2.01. The molecule has 6 nitrogen and oxygen atoms in total. The third kappa shape index (κ3) is 2.71. The summed E-state index contributed by atoms with van der Waals surface area (Å²) in [4.78, 5) is 29.3. The predicted octanol–water partition coefficient (Wildman–Crippen LogP) is 1.63. The first-order chi connectivity index (χ1) is 9.86. The van der Waals surface area contributed by atoms with Gasteiger partial charge in [0, 0.05) is 26.2 Å². The number of benzene rings is 1. The molecule has 1 aromatic carbocycles. The Bertz CT molecular complexity index is 728. The maximum absolute atomic E-state index is 12.3. The monoisotopic (exact) mass is 291 g/mol. The Morgan fingerprint density at radius 3 is 2.57 bits per heavy atom. The highest BCUT2D eigenvalue weighted by Crippen LogP contribution is 2.17. The quantitative estimate of drug-likeness (QED) is 0.805. The van der Waals surface area contributed by atoms with Crippen LogP contribution in [0.3, 0.4) is 0 Å². The summed E-state index contributed by atoms with van der Waals surface area (Å²) < 4.78 is 3.32. The molecule has 2 aromatic rings. The molecule has 1 amide bonds. The van der Waals surface area contributed by atoms with Gasteiger partial charge in [0.05, 0.1) is 18.1 Å². The molecule has 6 heteroatoms.